The normalized spacial score (nSPS) is 11.1. The van der Waals surface area contributed by atoms with E-state index in [1.807, 2.05) is 19.1 Å². The molecule has 2 amide bonds. The lowest BCUT2D eigenvalue weighted by Gasteiger charge is -2.17. The van der Waals surface area contributed by atoms with Crippen molar-refractivity contribution in [2.24, 2.45) is 0 Å². The fraction of sp³-hybridized carbons (Fsp3) is 0.148. The van der Waals surface area contributed by atoms with Crippen LogP contribution in [-0.2, 0) is 5.41 Å². The SMILES string of the molecule is Cc1ccc(NC(=O)c2cccc(C(C)(C)C#N)c2)cc1NC(=O)c1ccc2nc(Cl)cnc2c1. The highest BCUT2D eigenvalue weighted by Gasteiger charge is 2.21. The molecule has 35 heavy (non-hydrogen) atoms. The van der Waals surface area contributed by atoms with Crippen LogP contribution in [0.2, 0.25) is 5.15 Å². The Morgan fingerprint density at radius 3 is 2.46 bits per heavy atom. The van der Waals surface area contributed by atoms with Crippen molar-refractivity contribution in [1.82, 2.24) is 9.97 Å². The molecule has 0 spiro atoms. The van der Waals surface area contributed by atoms with Crippen molar-refractivity contribution in [3.8, 4) is 6.07 Å². The van der Waals surface area contributed by atoms with Gasteiger partial charge in [-0.2, -0.15) is 5.26 Å². The molecule has 0 aliphatic rings. The van der Waals surface area contributed by atoms with E-state index in [1.54, 1.807) is 62.4 Å². The molecule has 0 bridgehead atoms. The third kappa shape index (κ3) is 5.29. The number of hydrogen-bond donors (Lipinski definition) is 2. The van der Waals surface area contributed by atoms with Crippen LogP contribution in [0, 0.1) is 18.3 Å². The van der Waals surface area contributed by atoms with Gasteiger partial charge in [0.15, 0.2) is 0 Å². The predicted octanol–water partition coefficient (Wildman–Crippen LogP) is 5.90. The molecule has 0 aliphatic heterocycles. The monoisotopic (exact) mass is 483 g/mol. The Morgan fingerprint density at radius 2 is 1.69 bits per heavy atom. The van der Waals surface area contributed by atoms with Gasteiger partial charge in [0.25, 0.3) is 11.8 Å². The van der Waals surface area contributed by atoms with Crippen molar-refractivity contribution in [2.75, 3.05) is 10.6 Å². The lowest BCUT2D eigenvalue weighted by atomic mass is 9.85. The van der Waals surface area contributed by atoms with Crippen LogP contribution in [0.15, 0.2) is 66.9 Å². The topological polar surface area (TPSA) is 108 Å². The molecular formula is C27H22ClN5O2. The lowest BCUT2D eigenvalue weighted by molar-refractivity contribution is 0.101. The first kappa shape index (κ1) is 23.9. The largest absolute Gasteiger partial charge is 0.322 e. The minimum atomic E-state index is -0.710. The highest BCUT2D eigenvalue weighted by Crippen LogP contribution is 2.25. The molecule has 3 aromatic carbocycles. The minimum absolute atomic E-state index is 0.282. The van der Waals surface area contributed by atoms with Crippen LogP contribution in [0.5, 0.6) is 0 Å². The number of amides is 2. The maximum Gasteiger partial charge on any atom is 0.255 e. The van der Waals surface area contributed by atoms with Gasteiger partial charge < -0.3 is 10.6 Å². The van der Waals surface area contributed by atoms with Crippen LogP contribution in [0.25, 0.3) is 11.0 Å². The fourth-order valence-electron chi connectivity index (χ4n) is 3.48. The number of hydrogen-bond acceptors (Lipinski definition) is 5. The zero-order chi connectivity index (χ0) is 25.2. The highest BCUT2D eigenvalue weighted by molar-refractivity contribution is 6.29. The van der Waals surface area contributed by atoms with Crippen LogP contribution < -0.4 is 10.6 Å². The van der Waals surface area contributed by atoms with E-state index >= 15 is 0 Å². The number of benzene rings is 3. The van der Waals surface area contributed by atoms with Gasteiger partial charge in [0.05, 0.1) is 28.7 Å². The summed E-state index contributed by atoms with van der Waals surface area (Å²) in [5.41, 5.74) is 3.98. The molecule has 1 aromatic heterocycles. The van der Waals surface area contributed by atoms with Gasteiger partial charge in [0, 0.05) is 22.5 Å². The lowest BCUT2D eigenvalue weighted by Crippen LogP contribution is -2.17. The average molecular weight is 484 g/mol. The summed E-state index contributed by atoms with van der Waals surface area (Å²) >= 11 is 5.87. The summed E-state index contributed by atoms with van der Waals surface area (Å²) < 4.78 is 0. The fourth-order valence-corrected chi connectivity index (χ4v) is 3.62. The second-order valence-electron chi connectivity index (χ2n) is 8.65. The summed E-state index contributed by atoms with van der Waals surface area (Å²) in [5, 5.41) is 15.4. The van der Waals surface area contributed by atoms with Gasteiger partial charge in [-0.15, -0.1) is 0 Å². The van der Waals surface area contributed by atoms with Crippen molar-refractivity contribution in [3.63, 3.8) is 0 Å². The third-order valence-electron chi connectivity index (χ3n) is 5.64. The van der Waals surface area contributed by atoms with E-state index in [0.29, 0.717) is 33.5 Å². The Kier molecular flexibility index (Phi) is 6.50. The molecule has 0 aliphatic carbocycles. The van der Waals surface area contributed by atoms with Gasteiger partial charge in [0.1, 0.15) is 5.15 Å². The average Bonchev–Trinajstić information content (AvgIpc) is 2.85. The maximum absolute atomic E-state index is 12.9. The number of aryl methyl sites for hydroxylation is 1. The number of carbonyl (C=O) groups is 2. The molecule has 0 saturated heterocycles. The molecular weight excluding hydrogens is 462 g/mol. The van der Waals surface area contributed by atoms with Gasteiger partial charge in [-0.1, -0.05) is 29.8 Å². The Balaban J connectivity index is 1.53. The molecule has 4 aromatic rings. The van der Waals surface area contributed by atoms with Crippen molar-refractivity contribution in [3.05, 3.63) is 94.3 Å². The first-order chi connectivity index (χ1) is 16.7. The summed E-state index contributed by atoms with van der Waals surface area (Å²) in [4.78, 5) is 34.1. The van der Waals surface area contributed by atoms with Gasteiger partial charge in [-0.3, -0.25) is 14.6 Å². The highest BCUT2D eigenvalue weighted by atomic mass is 35.5. The van der Waals surface area contributed by atoms with E-state index in [1.165, 1.54) is 6.20 Å². The van der Waals surface area contributed by atoms with Crippen LogP contribution in [0.3, 0.4) is 0 Å². The third-order valence-corrected chi connectivity index (χ3v) is 5.83. The van der Waals surface area contributed by atoms with Gasteiger partial charge >= 0.3 is 0 Å². The molecule has 0 saturated carbocycles. The molecule has 0 unspecified atom stereocenters. The molecule has 4 rings (SSSR count). The Labute approximate surface area is 207 Å². The molecule has 174 valence electrons. The van der Waals surface area contributed by atoms with Crippen molar-refractivity contribution in [2.45, 2.75) is 26.2 Å². The molecule has 0 fully saturated rings. The molecule has 7 nitrogen and oxygen atoms in total. The number of anilines is 2. The van der Waals surface area contributed by atoms with Crippen molar-refractivity contribution >= 4 is 45.8 Å². The van der Waals surface area contributed by atoms with Crippen LogP contribution in [-0.4, -0.2) is 21.8 Å². The summed E-state index contributed by atoms with van der Waals surface area (Å²) in [7, 11) is 0. The summed E-state index contributed by atoms with van der Waals surface area (Å²) in [6.45, 7) is 5.47. The van der Waals surface area contributed by atoms with E-state index in [9.17, 15) is 14.9 Å². The maximum atomic E-state index is 12.9. The Morgan fingerprint density at radius 1 is 0.943 bits per heavy atom. The summed E-state index contributed by atoms with van der Waals surface area (Å²) in [5.74, 6) is -0.629. The van der Waals surface area contributed by atoms with E-state index in [2.05, 4.69) is 26.7 Å². The van der Waals surface area contributed by atoms with E-state index in [4.69, 9.17) is 11.6 Å². The standard InChI is InChI=1S/C27H22ClN5O2/c1-16-7-9-20(31-25(34)17-5-4-6-19(11-17)27(2,3)15-29)13-22(16)33-26(35)18-8-10-21-23(12-18)30-14-24(28)32-21/h4-14H,1-3H3,(H,31,34)(H,33,35). The molecule has 1 heterocycles. The van der Waals surface area contributed by atoms with E-state index < -0.39 is 5.41 Å². The van der Waals surface area contributed by atoms with Crippen LogP contribution in [0.4, 0.5) is 11.4 Å². The Bertz CT molecular complexity index is 1510. The molecule has 0 radical (unpaired) electrons. The zero-order valence-corrected chi connectivity index (χ0v) is 20.1. The quantitative estimate of drug-likeness (QED) is 0.367. The van der Waals surface area contributed by atoms with Crippen molar-refractivity contribution < 1.29 is 9.59 Å². The van der Waals surface area contributed by atoms with E-state index in [0.717, 1.165) is 11.1 Å². The van der Waals surface area contributed by atoms with Crippen LogP contribution >= 0.6 is 11.6 Å². The van der Waals surface area contributed by atoms with E-state index in [-0.39, 0.29) is 17.0 Å². The summed E-state index contributed by atoms with van der Waals surface area (Å²) in [6, 6.07) is 19.5. The number of carbonyl (C=O) groups excluding carboxylic acids is 2. The molecule has 0 atom stereocenters. The van der Waals surface area contributed by atoms with Gasteiger partial charge in [-0.25, -0.2) is 4.98 Å². The number of rotatable bonds is 5. The zero-order valence-electron chi connectivity index (χ0n) is 19.4. The van der Waals surface area contributed by atoms with Crippen LogP contribution in [0.1, 0.15) is 45.7 Å². The Hall–Kier alpha value is -4.28. The number of halogens is 1. The number of nitriles is 1. The second kappa shape index (κ2) is 9.53. The first-order valence-corrected chi connectivity index (χ1v) is 11.2. The van der Waals surface area contributed by atoms with Gasteiger partial charge in [-0.05, 0) is 74.4 Å². The number of nitrogens with zero attached hydrogens (tertiary/aromatic N) is 3. The smallest absolute Gasteiger partial charge is 0.255 e. The number of fused-ring (bicyclic) bond motifs is 1. The molecule has 8 heteroatoms. The summed E-state index contributed by atoms with van der Waals surface area (Å²) in [6.07, 6.45) is 1.43. The molecule has 2 N–H and O–H groups in total. The van der Waals surface area contributed by atoms with Crippen molar-refractivity contribution in [1.29, 1.82) is 5.26 Å². The second-order valence-corrected chi connectivity index (χ2v) is 9.04. The predicted molar refractivity (Wildman–Crippen MR) is 137 cm³/mol. The van der Waals surface area contributed by atoms with Gasteiger partial charge in [0.2, 0.25) is 0 Å². The number of nitrogens with one attached hydrogen (secondary N) is 2. The number of aromatic nitrogens is 2. The first-order valence-electron chi connectivity index (χ1n) is 10.8. The minimum Gasteiger partial charge on any atom is -0.322 e.